The van der Waals surface area contributed by atoms with Crippen LogP contribution in [0.4, 0.5) is 4.79 Å². The van der Waals surface area contributed by atoms with Gasteiger partial charge in [-0.25, -0.2) is 13.2 Å². The Morgan fingerprint density at radius 1 is 1.42 bits per heavy atom. The monoisotopic (exact) mass is 311 g/mol. The number of nitrogens with zero attached hydrogens (tertiary/aromatic N) is 1. The number of piperidine rings is 1. The van der Waals surface area contributed by atoms with Gasteiger partial charge in [0.2, 0.25) is 9.05 Å². The van der Waals surface area contributed by atoms with Crippen LogP contribution in [0.1, 0.15) is 34.1 Å². The quantitative estimate of drug-likeness (QED) is 0.735. The standard InChI is InChI=1S/C12H22ClNO4S/c1-9-5-6-14(11(15)18-12(2,3)4)7-10(9)8-19(13,16)17/h9-10H,5-8H2,1-4H3. The Hall–Kier alpha value is -0.490. The molecule has 1 amide bonds. The lowest BCUT2D eigenvalue weighted by Gasteiger charge is -2.37. The zero-order valence-corrected chi connectivity index (χ0v) is 13.4. The van der Waals surface area contributed by atoms with Crippen molar-refractivity contribution in [2.24, 2.45) is 11.8 Å². The van der Waals surface area contributed by atoms with E-state index in [-0.39, 0.29) is 17.6 Å². The van der Waals surface area contributed by atoms with E-state index in [0.717, 1.165) is 6.42 Å². The number of amides is 1. The summed E-state index contributed by atoms with van der Waals surface area (Å²) in [6.45, 7) is 8.37. The largest absolute Gasteiger partial charge is 0.444 e. The minimum atomic E-state index is -3.55. The lowest BCUT2D eigenvalue weighted by Crippen LogP contribution is -2.46. The zero-order chi connectivity index (χ0) is 14.8. The summed E-state index contributed by atoms with van der Waals surface area (Å²) in [6, 6.07) is 0. The molecule has 0 bridgehead atoms. The number of carbonyl (C=O) groups excluding carboxylic acids is 1. The van der Waals surface area contributed by atoms with Crippen LogP contribution in [0.2, 0.25) is 0 Å². The van der Waals surface area contributed by atoms with E-state index in [4.69, 9.17) is 15.4 Å². The molecule has 1 saturated heterocycles. The molecule has 0 spiro atoms. The number of ether oxygens (including phenoxy) is 1. The van der Waals surface area contributed by atoms with E-state index in [1.807, 2.05) is 6.92 Å². The minimum Gasteiger partial charge on any atom is -0.444 e. The highest BCUT2D eigenvalue weighted by molar-refractivity contribution is 8.13. The summed E-state index contributed by atoms with van der Waals surface area (Å²) >= 11 is 0. The summed E-state index contributed by atoms with van der Waals surface area (Å²) in [4.78, 5) is 13.5. The number of rotatable bonds is 2. The van der Waals surface area contributed by atoms with E-state index in [0.29, 0.717) is 13.1 Å². The fourth-order valence-corrected chi connectivity index (χ4v) is 3.55. The second-order valence-corrected chi connectivity index (χ2v) is 8.98. The minimum absolute atomic E-state index is 0.102. The Balaban J connectivity index is 2.66. The average Bonchev–Trinajstić information content (AvgIpc) is 2.16. The van der Waals surface area contributed by atoms with Crippen molar-refractivity contribution in [2.75, 3.05) is 18.8 Å². The first-order chi connectivity index (χ1) is 8.48. The highest BCUT2D eigenvalue weighted by atomic mass is 35.7. The average molecular weight is 312 g/mol. The summed E-state index contributed by atoms with van der Waals surface area (Å²) in [5.41, 5.74) is -0.547. The van der Waals surface area contributed by atoms with Crippen LogP contribution in [0.15, 0.2) is 0 Å². The molecule has 2 atom stereocenters. The number of hydrogen-bond acceptors (Lipinski definition) is 4. The lowest BCUT2D eigenvalue weighted by atomic mass is 9.89. The van der Waals surface area contributed by atoms with Gasteiger partial charge in [-0.05, 0) is 39.0 Å². The smallest absolute Gasteiger partial charge is 0.410 e. The third-order valence-corrected chi connectivity index (χ3v) is 4.38. The van der Waals surface area contributed by atoms with Crippen LogP contribution in [0, 0.1) is 11.8 Å². The Kier molecular flexibility index (Phi) is 5.12. The van der Waals surface area contributed by atoms with Gasteiger partial charge in [-0.15, -0.1) is 0 Å². The summed E-state index contributed by atoms with van der Waals surface area (Å²) in [5.74, 6) is -0.00866. The van der Waals surface area contributed by atoms with E-state index in [9.17, 15) is 13.2 Å². The number of likely N-dealkylation sites (tertiary alicyclic amines) is 1. The lowest BCUT2D eigenvalue weighted by molar-refractivity contribution is 0.0130. The van der Waals surface area contributed by atoms with Gasteiger partial charge in [-0.2, -0.15) is 0 Å². The van der Waals surface area contributed by atoms with Gasteiger partial charge >= 0.3 is 6.09 Å². The van der Waals surface area contributed by atoms with Crippen molar-refractivity contribution in [1.82, 2.24) is 4.90 Å². The van der Waals surface area contributed by atoms with Gasteiger partial charge in [-0.3, -0.25) is 0 Å². The van der Waals surface area contributed by atoms with Gasteiger partial charge in [0.15, 0.2) is 0 Å². The Morgan fingerprint density at radius 2 is 2.00 bits per heavy atom. The first kappa shape index (κ1) is 16.6. The molecular weight excluding hydrogens is 290 g/mol. The maximum atomic E-state index is 12.0. The molecule has 1 aliphatic rings. The van der Waals surface area contributed by atoms with E-state index >= 15 is 0 Å². The SMILES string of the molecule is CC1CCN(C(=O)OC(C)(C)C)CC1CS(=O)(=O)Cl. The van der Waals surface area contributed by atoms with E-state index < -0.39 is 20.7 Å². The van der Waals surface area contributed by atoms with Crippen LogP contribution in [0.3, 0.4) is 0 Å². The second kappa shape index (κ2) is 5.87. The van der Waals surface area contributed by atoms with Crippen molar-refractivity contribution in [3.05, 3.63) is 0 Å². The van der Waals surface area contributed by atoms with Gasteiger partial charge in [0, 0.05) is 23.8 Å². The predicted octanol–water partition coefficient (Wildman–Crippen LogP) is 2.45. The zero-order valence-electron chi connectivity index (χ0n) is 11.8. The van der Waals surface area contributed by atoms with Crippen LogP contribution in [-0.2, 0) is 13.8 Å². The molecule has 19 heavy (non-hydrogen) atoms. The van der Waals surface area contributed by atoms with Crippen LogP contribution in [0.25, 0.3) is 0 Å². The van der Waals surface area contributed by atoms with E-state index in [1.165, 1.54) is 0 Å². The number of carbonyl (C=O) groups is 1. The second-order valence-electron chi connectivity index (χ2n) is 6.16. The van der Waals surface area contributed by atoms with Crippen molar-refractivity contribution in [3.8, 4) is 0 Å². The molecule has 1 rings (SSSR count). The van der Waals surface area contributed by atoms with Gasteiger partial charge in [0.1, 0.15) is 5.60 Å². The number of hydrogen-bond donors (Lipinski definition) is 0. The molecule has 0 aromatic rings. The Labute approximate surface area is 119 Å². The molecule has 0 aromatic heterocycles. The highest BCUT2D eigenvalue weighted by Crippen LogP contribution is 2.26. The van der Waals surface area contributed by atoms with Crippen LogP contribution < -0.4 is 0 Å². The summed E-state index contributed by atoms with van der Waals surface area (Å²) in [7, 11) is 1.76. The van der Waals surface area contributed by atoms with Crippen LogP contribution >= 0.6 is 10.7 Å². The maximum Gasteiger partial charge on any atom is 0.410 e. The molecule has 7 heteroatoms. The molecule has 0 saturated carbocycles. The van der Waals surface area contributed by atoms with Crippen molar-refractivity contribution >= 4 is 25.8 Å². The molecule has 0 N–H and O–H groups in total. The molecule has 1 fully saturated rings. The summed E-state index contributed by atoms with van der Waals surface area (Å²) in [5, 5.41) is 0. The molecule has 0 radical (unpaired) electrons. The van der Waals surface area contributed by atoms with E-state index in [1.54, 1.807) is 25.7 Å². The van der Waals surface area contributed by atoms with Crippen LogP contribution in [-0.4, -0.2) is 43.9 Å². The molecule has 1 heterocycles. The number of halogens is 1. The first-order valence-corrected chi connectivity index (χ1v) is 8.86. The fraction of sp³-hybridized carbons (Fsp3) is 0.917. The van der Waals surface area contributed by atoms with Crippen molar-refractivity contribution in [2.45, 2.75) is 39.7 Å². The van der Waals surface area contributed by atoms with Gasteiger partial charge in [0.25, 0.3) is 0 Å². The van der Waals surface area contributed by atoms with Crippen molar-refractivity contribution in [1.29, 1.82) is 0 Å². The predicted molar refractivity (Wildman–Crippen MR) is 74.7 cm³/mol. The topological polar surface area (TPSA) is 63.7 Å². The molecular formula is C12H22ClNO4S. The third kappa shape index (κ3) is 5.99. The molecule has 112 valence electrons. The van der Waals surface area contributed by atoms with Gasteiger partial charge < -0.3 is 9.64 Å². The van der Waals surface area contributed by atoms with Crippen LogP contribution in [0.5, 0.6) is 0 Å². The Bertz CT molecular complexity index is 430. The molecule has 0 aromatic carbocycles. The molecule has 1 aliphatic heterocycles. The Morgan fingerprint density at radius 3 is 2.47 bits per heavy atom. The molecule has 2 unspecified atom stereocenters. The van der Waals surface area contributed by atoms with Crippen molar-refractivity contribution < 1.29 is 17.9 Å². The van der Waals surface area contributed by atoms with E-state index in [2.05, 4.69) is 0 Å². The fourth-order valence-electron chi connectivity index (χ4n) is 2.11. The molecule has 5 nitrogen and oxygen atoms in total. The van der Waals surface area contributed by atoms with Crippen molar-refractivity contribution in [3.63, 3.8) is 0 Å². The summed E-state index contributed by atoms with van der Waals surface area (Å²) in [6.07, 6.45) is 0.368. The highest BCUT2D eigenvalue weighted by Gasteiger charge is 2.33. The third-order valence-electron chi connectivity index (χ3n) is 3.18. The normalized spacial score (nSPS) is 25.2. The first-order valence-electron chi connectivity index (χ1n) is 6.38. The summed E-state index contributed by atoms with van der Waals surface area (Å²) < 4.78 is 27.7. The van der Waals surface area contributed by atoms with Gasteiger partial charge in [0.05, 0.1) is 5.75 Å². The molecule has 0 aliphatic carbocycles. The maximum absolute atomic E-state index is 12.0. The van der Waals surface area contributed by atoms with Gasteiger partial charge in [-0.1, -0.05) is 6.92 Å².